The fraction of sp³-hybridized carbons (Fsp3) is 0.684. The number of rotatable bonds is 5. The second kappa shape index (κ2) is 8.15. The molecule has 0 spiro atoms. The van der Waals surface area contributed by atoms with E-state index in [-0.39, 0.29) is 29.9 Å². The SMILES string of the molecule is CC1CCC(C(=O)N(c2ccsc2C(=O)OC(C)C)C(C)C)CC1. The van der Waals surface area contributed by atoms with E-state index in [0.29, 0.717) is 16.5 Å². The second-order valence-corrected chi connectivity index (χ2v) is 8.26. The van der Waals surface area contributed by atoms with Gasteiger partial charge >= 0.3 is 5.97 Å². The van der Waals surface area contributed by atoms with Crippen LogP contribution in [0, 0.1) is 11.8 Å². The molecule has 1 aliphatic carbocycles. The van der Waals surface area contributed by atoms with E-state index < -0.39 is 0 Å². The molecule has 1 fully saturated rings. The lowest BCUT2D eigenvalue weighted by Gasteiger charge is -2.33. The summed E-state index contributed by atoms with van der Waals surface area (Å²) in [7, 11) is 0. The molecule has 0 aliphatic heterocycles. The standard InChI is InChI=1S/C19H29NO3S/c1-12(2)20(18(21)15-8-6-14(5)7-9-15)16-10-11-24-17(16)19(22)23-13(3)4/h10-15H,6-9H2,1-5H3. The van der Waals surface area contributed by atoms with E-state index in [2.05, 4.69) is 6.92 Å². The molecule has 134 valence electrons. The quantitative estimate of drug-likeness (QED) is 0.710. The van der Waals surface area contributed by atoms with Crippen molar-refractivity contribution in [2.24, 2.45) is 11.8 Å². The minimum Gasteiger partial charge on any atom is -0.459 e. The highest BCUT2D eigenvalue weighted by atomic mass is 32.1. The summed E-state index contributed by atoms with van der Waals surface area (Å²) < 4.78 is 5.34. The van der Waals surface area contributed by atoms with Crippen molar-refractivity contribution in [3.05, 3.63) is 16.3 Å². The maximum Gasteiger partial charge on any atom is 0.350 e. The summed E-state index contributed by atoms with van der Waals surface area (Å²) in [6.07, 6.45) is 3.93. The number of hydrogen-bond acceptors (Lipinski definition) is 4. The first kappa shape index (κ1) is 19.0. The Bertz CT molecular complexity index is 571. The van der Waals surface area contributed by atoms with Crippen molar-refractivity contribution in [2.75, 3.05) is 4.90 Å². The second-order valence-electron chi connectivity index (χ2n) is 7.35. The fourth-order valence-corrected chi connectivity index (χ4v) is 4.03. The molecular weight excluding hydrogens is 322 g/mol. The van der Waals surface area contributed by atoms with Crippen molar-refractivity contribution in [1.29, 1.82) is 0 Å². The normalized spacial score (nSPS) is 21.1. The third-order valence-electron chi connectivity index (χ3n) is 4.55. The van der Waals surface area contributed by atoms with E-state index in [1.54, 1.807) is 4.90 Å². The van der Waals surface area contributed by atoms with Crippen LogP contribution in [0.4, 0.5) is 5.69 Å². The highest BCUT2D eigenvalue weighted by Gasteiger charge is 2.33. The number of hydrogen-bond donors (Lipinski definition) is 0. The Morgan fingerprint density at radius 3 is 2.33 bits per heavy atom. The Labute approximate surface area is 149 Å². The molecule has 0 atom stereocenters. The average Bonchev–Trinajstić information content (AvgIpc) is 2.96. The minimum atomic E-state index is -0.342. The Morgan fingerprint density at radius 2 is 1.79 bits per heavy atom. The molecule has 1 aromatic heterocycles. The summed E-state index contributed by atoms with van der Waals surface area (Å²) in [6.45, 7) is 9.91. The number of carbonyl (C=O) groups is 2. The highest BCUT2D eigenvalue weighted by molar-refractivity contribution is 7.12. The molecule has 0 saturated heterocycles. The minimum absolute atomic E-state index is 0.0112. The van der Waals surface area contributed by atoms with E-state index >= 15 is 0 Å². The van der Waals surface area contributed by atoms with Crippen LogP contribution in [0.5, 0.6) is 0 Å². The number of esters is 1. The molecule has 1 aliphatic rings. The molecular formula is C19H29NO3S. The smallest absolute Gasteiger partial charge is 0.350 e. The summed E-state index contributed by atoms with van der Waals surface area (Å²) in [5.41, 5.74) is 0.698. The van der Waals surface area contributed by atoms with E-state index in [1.807, 2.05) is 39.1 Å². The largest absolute Gasteiger partial charge is 0.459 e. The Hall–Kier alpha value is -1.36. The summed E-state index contributed by atoms with van der Waals surface area (Å²) in [6, 6.07) is 1.88. The molecule has 1 aromatic rings. The molecule has 24 heavy (non-hydrogen) atoms. The van der Waals surface area contributed by atoms with Gasteiger partial charge in [0, 0.05) is 12.0 Å². The van der Waals surface area contributed by atoms with Gasteiger partial charge in [-0.1, -0.05) is 6.92 Å². The van der Waals surface area contributed by atoms with Gasteiger partial charge in [-0.05, 0) is 70.7 Å². The molecule has 4 nitrogen and oxygen atoms in total. The molecule has 5 heteroatoms. The lowest BCUT2D eigenvalue weighted by Crippen LogP contribution is -2.42. The Balaban J connectivity index is 2.24. The van der Waals surface area contributed by atoms with Crippen LogP contribution in [0.3, 0.4) is 0 Å². The predicted octanol–water partition coefficient (Wildman–Crippen LogP) is 4.88. The van der Waals surface area contributed by atoms with Crippen LogP contribution in [-0.4, -0.2) is 24.0 Å². The zero-order valence-corrected chi connectivity index (χ0v) is 16.2. The molecule has 0 aromatic carbocycles. The zero-order valence-electron chi connectivity index (χ0n) is 15.4. The topological polar surface area (TPSA) is 46.6 Å². The van der Waals surface area contributed by atoms with Crippen LogP contribution in [-0.2, 0) is 9.53 Å². The van der Waals surface area contributed by atoms with E-state index in [1.165, 1.54) is 11.3 Å². The first-order valence-electron chi connectivity index (χ1n) is 8.92. The van der Waals surface area contributed by atoms with Crippen LogP contribution in [0.1, 0.15) is 70.0 Å². The van der Waals surface area contributed by atoms with Gasteiger partial charge in [0.1, 0.15) is 4.88 Å². The highest BCUT2D eigenvalue weighted by Crippen LogP contribution is 2.34. The zero-order chi connectivity index (χ0) is 17.9. The lowest BCUT2D eigenvalue weighted by molar-refractivity contribution is -0.123. The van der Waals surface area contributed by atoms with Crippen molar-refractivity contribution in [2.45, 2.75) is 72.4 Å². The summed E-state index contributed by atoms with van der Waals surface area (Å²) in [5.74, 6) is 0.580. The van der Waals surface area contributed by atoms with E-state index in [0.717, 1.165) is 25.7 Å². The lowest BCUT2D eigenvalue weighted by atomic mass is 9.82. The van der Waals surface area contributed by atoms with Crippen molar-refractivity contribution in [3.8, 4) is 0 Å². The molecule has 1 saturated carbocycles. The predicted molar refractivity (Wildman–Crippen MR) is 98.6 cm³/mol. The maximum atomic E-state index is 13.1. The third-order valence-corrected chi connectivity index (χ3v) is 5.43. The van der Waals surface area contributed by atoms with Gasteiger partial charge in [-0.3, -0.25) is 4.79 Å². The number of carbonyl (C=O) groups excluding carboxylic acids is 2. The maximum absolute atomic E-state index is 13.1. The number of nitrogens with zero attached hydrogens (tertiary/aromatic N) is 1. The van der Waals surface area contributed by atoms with Gasteiger partial charge < -0.3 is 9.64 Å². The average molecular weight is 352 g/mol. The van der Waals surface area contributed by atoms with Gasteiger partial charge in [-0.25, -0.2) is 4.79 Å². The molecule has 0 N–H and O–H groups in total. The molecule has 0 radical (unpaired) electrons. The number of thiophene rings is 1. The van der Waals surface area contributed by atoms with Gasteiger partial charge in [0.2, 0.25) is 5.91 Å². The summed E-state index contributed by atoms with van der Waals surface area (Å²) in [5, 5.41) is 1.86. The van der Waals surface area contributed by atoms with Crippen LogP contribution in [0.25, 0.3) is 0 Å². The number of ether oxygens (including phenoxy) is 1. The molecule has 2 rings (SSSR count). The molecule has 1 amide bonds. The fourth-order valence-electron chi connectivity index (χ4n) is 3.27. The van der Waals surface area contributed by atoms with Gasteiger partial charge in [0.05, 0.1) is 11.8 Å². The van der Waals surface area contributed by atoms with Crippen molar-refractivity contribution in [1.82, 2.24) is 0 Å². The van der Waals surface area contributed by atoms with Gasteiger partial charge in [0.25, 0.3) is 0 Å². The van der Waals surface area contributed by atoms with Gasteiger partial charge in [-0.15, -0.1) is 11.3 Å². The van der Waals surface area contributed by atoms with Crippen molar-refractivity contribution in [3.63, 3.8) is 0 Å². The van der Waals surface area contributed by atoms with Crippen molar-refractivity contribution >= 4 is 28.9 Å². The van der Waals surface area contributed by atoms with Gasteiger partial charge in [-0.2, -0.15) is 0 Å². The van der Waals surface area contributed by atoms with Crippen LogP contribution < -0.4 is 4.90 Å². The van der Waals surface area contributed by atoms with Crippen LogP contribution in [0.2, 0.25) is 0 Å². The molecule has 0 unspecified atom stereocenters. The first-order chi connectivity index (χ1) is 11.3. The number of anilines is 1. The molecule has 1 heterocycles. The number of amides is 1. The van der Waals surface area contributed by atoms with Crippen molar-refractivity contribution < 1.29 is 14.3 Å². The Morgan fingerprint density at radius 1 is 1.17 bits per heavy atom. The monoisotopic (exact) mass is 351 g/mol. The Kier molecular flexibility index (Phi) is 6.44. The molecule has 0 bridgehead atoms. The summed E-state index contributed by atoms with van der Waals surface area (Å²) in [4.78, 5) is 27.8. The van der Waals surface area contributed by atoms with Gasteiger partial charge in [0.15, 0.2) is 0 Å². The van der Waals surface area contributed by atoms with E-state index in [4.69, 9.17) is 4.74 Å². The summed E-state index contributed by atoms with van der Waals surface area (Å²) >= 11 is 1.34. The van der Waals surface area contributed by atoms with E-state index in [9.17, 15) is 9.59 Å². The van der Waals surface area contributed by atoms with Crippen LogP contribution >= 0.6 is 11.3 Å². The third kappa shape index (κ3) is 4.38. The van der Waals surface area contributed by atoms with Crippen LogP contribution in [0.15, 0.2) is 11.4 Å². The first-order valence-corrected chi connectivity index (χ1v) is 9.80.